The molecule has 7 heteroatoms. The summed E-state index contributed by atoms with van der Waals surface area (Å²) in [5, 5.41) is 10.6. The smallest absolute Gasteiger partial charge is 0.315 e. The molecule has 0 aliphatic heterocycles. The van der Waals surface area contributed by atoms with Crippen molar-refractivity contribution in [1.82, 2.24) is 20.4 Å². The summed E-state index contributed by atoms with van der Waals surface area (Å²) in [6.45, 7) is 4.52. The highest BCUT2D eigenvalue weighted by Gasteiger charge is 2.04. The molecule has 1 aromatic carbocycles. The van der Waals surface area contributed by atoms with E-state index in [1.54, 1.807) is 10.9 Å². The second kappa shape index (κ2) is 9.95. The van der Waals surface area contributed by atoms with Crippen LogP contribution in [0.25, 0.3) is 5.69 Å². The molecule has 2 aromatic rings. The second-order valence-electron chi connectivity index (χ2n) is 5.28. The van der Waals surface area contributed by atoms with Crippen LogP contribution in [0.15, 0.2) is 36.7 Å². The number of aromatic nitrogens is 2. The van der Waals surface area contributed by atoms with Crippen LogP contribution in [-0.2, 0) is 11.3 Å². The van der Waals surface area contributed by atoms with Crippen LogP contribution in [0.3, 0.4) is 0 Å². The number of amides is 2. The van der Waals surface area contributed by atoms with Crippen LogP contribution in [0.2, 0.25) is 5.02 Å². The molecule has 0 unspecified atom stereocenters. The van der Waals surface area contributed by atoms with Crippen molar-refractivity contribution < 1.29 is 9.53 Å². The van der Waals surface area contributed by atoms with Gasteiger partial charge in [-0.05, 0) is 44.0 Å². The molecular weight excluding hydrogens is 328 g/mol. The van der Waals surface area contributed by atoms with Crippen molar-refractivity contribution in [2.75, 3.05) is 19.8 Å². The molecule has 0 atom stereocenters. The van der Waals surface area contributed by atoms with Gasteiger partial charge in [0.15, 0.2) is 0 Å². The van der Waals surface area contributed by atoms with E-state index in [1.807, 2.05) is 37.4 Å². The lowest BCUT2D eigenvalue weighted by molar-refractivity contribution is 0.143. The van der Waals surface area contributed by atoms with Crippen molar-refractivity contribution in [2.24, 2.45) is 0 Å². The molecule has 2 amide bonds. The largest absolute Gasteiger partial charge is 0.382 e. The van der Waals surface area contributed by atoms with Gasteiger partial charge in [0, 0.05) is 43.1 Å². The molecule has 2 rings (SSSR count). The van der Waals surface area contributed by atoms with E-state index in [1.165, 1.54) is 0 Å². The third-order valence-electron chi connectivity index (χ3n) is 3.39. The zero-order valence-corrected chi connectivity index (χ0v) is 14.6. The number of carbonyl (C=O) groups excluding carboxylic acids is 1. The minimum atomic E-state index is -0.175. The van der Waals surface area contributed by atoms with Crippen LogP contribution in [0.5, 0.6) is 0 Å². The van der Waals surface area contributed by atoms with Gasteiger partial charge in [0.05, 0.1) is 11.9 Å². The lowest BCUT2D eigenvalue weighted by Crippen LogP contribution is -2.35. The molecule has 1 aromatic heterocycles. The molecular formula is C17H23ClN4O2. The van der Waals surface area contributed by atoms with E-state index in [0.29, 0.717) is 18.1 Å². The first-order valence-electron chi connectivity index (χ1n) is 8.08. The molecule has 24 heavy (non-hydrogen) atoms. The summed E-state index contributed by atoms with van der Waals surface area (Å²) in [6, 6.07) is 7.24. The molecule has 0 saturated heterocycles. The highest BCUT2D eigenvalue weighted by atomic mass is 35.5. The Labute approximate surface area is 147 Å². The maximum absolute atomic E-state index is 11.7. The normalized spacial score (nSPS) is 10.6. The van der Waals surface area contributed by atoms with Gasteiger partial charge in [-0.15, -0.1) is 0 Å². The molecule has 0 radical (unpaired) electrons. The summed E-state index contributed by atoms with van der Waals surface area (Å²) in [7, 11) is 0. The van der Waals surface area contributed by atoms with Crippen LogP contribution in [0.4, 0.5) is 4.79 Å². The molecule has 130 valence electrons. The van der Waals surface area contributed by atoms with Gasteiger partial charge in [0.2, 0.25) is 0 Å². The Morgan fingerprint density at radius 1 is 1.25 bits per heavy atom. The third-order valence-corrected chi connectivity index (χ3v) is 3.64. The Morgan fingerprint density at radius 2 is 2.04 bits per heavy atom. The van der Waals surface area contributed by atoms with Crippen LogP contribution in [0, 0.1) is 0 Å². The molecule has 1 heterocycles. The van der Waals surface area contributed by atoms with Crippen LogP contribution >= 0.6 is 11.6 Å². The third kappa shape index (κ3) is 6.22. The number of ether oxygens (including phenoxy) is 1. The monoisotopic (exact) mass is 350 g/mol. The first-order valence-corrected chi connectivity index (χ1v) is 8.45. The van der Waals surface area contributed by atoms with Gasteiger partial charge >= 0.3 is 6.03 Å². The molecule has 6 nitrogen and oxygen atoms in total. The van der Waals surface area contributed by atoms with E-state index >= 15 is 0 Å². The summed E-state index contributed by atoms with van der Waals surface area (Å²) in [4.78, 5) is 11.7. The predicted octanol–water partition coefficient (Wildman–Crippen LogP) is 3.14. The average molecular weight is 351 g/mol. The van der Waals surface area contributed by atoms with E-state index in [4.69, 9.17) is 16.3 Å². The number of rotatable bonds is 9. The summed E-state index contributed by atoms with van der Waals surface area (Å²) < 4.78 is 7.00. The average Bonchev–Trinajstić information content (AvgIpc) is 3.06. The summed E-state index contributed by atoms with van der Waals surface area (Å²) in [5.41, 5.74) is 1.85. The number of nitrogens with zero attached hydrogens (tertiary/aromatic N) is 2. The fraction of sp³-hybridized carbons (Fsp3) is 0.412. The van der Waals surface area contributed by atoms with E-state index in [-0.39, 0.29) is 6.03 Å². The first-order chi connectivity index (χ1) is 11.7. The number of urea groups is 1. The van der Waals surface area contributed by atoms with E-state index < -0.39 is 0 Å². The topological polar surface area (TPSA) is 68.2 Å². The van der Waals surface area contributed by atoms with Gasteiger partial charge in [0.1, 0.15) is 0 Å². The quantitative estimate of drug-likeness (QED) is 0.683. The zero-order chi connectivity index (χ0) is 17.2. The van der Waals surface area contributed by atoms with Crippen LogP contribution < -0.4 is 10.6 Å². The Bertz CT molecular complexity index is 628. The molecule has 0 bridgehead atoms. The molecule has 0 aliphatic carbocycles. The number of halogens is 1. The van der Waals surface area contributed by atoms with Gasteiger partial charge in [-0.3, -0.25) is 0 Å². The SMILES string of the molecule is CCOCCCCNC(=O)NCc1cnn(-c2ccc(Cl)cc2)c1. The maximum Gasteiger partial charge on any atom is 0.315 e. The first kappa shape index (κ1) is 18.3. The highest BCUT2D eigenvalue weighted by Crippen LogP contribution is 2.13. The summed E-state index contributed by atoms with van der Waals surface area (Å²) >= 11 is 5.87. The van der Waals surface area contributed by atoms with Gasteiger partial charge < -0.3 is 15.4 Å². The number of carbonyl (C=O) groups is 1. The number of hydrogen-bond acceptors (Lipinski definition) is 3. The Hall–Kier alpha value is -2.05. The maximum atomic E-state index is 11.7. The molecule has 0 fully saturated rings. The lowest BCUT2D eigenvalue weighted by atomic mass is 10.3. The van der Waals surface area contributed by atoms with Crippen molar-refractivity contribution in [2.45, 2.75) is 26.3 Å². The van der Waals surface area contributed by atoms with Gasteiger partial charge in [-0.1, -0.05) is 11.6 Å². The van der Waals surface area contributed by atoms with Crippen molar-refractivity contribution in [3.63, 3.8) is 0 Å². The van der Waals surface area contributed by atoms with Crippen molar-refractivity contribution >= 4 is 17.6 Å². The summed E-state index contributed by atoms with van der Waals surface area (Å²) in [5.74, 6) is 0. The molecule has 0 spiro atoms. The fourth-order valence-electron chi connectivity index (χ4n) is 2.11. The fourth-order valence-corrected chi connectivity index (χ4v) is 2.23. The lowest BCUT2D eigenvalue weighted by Gasteiger charge is -2.06. The molecule has 2 N–H and O–H groups in total. The van der Waals surface area contributed by atoms with Gasteiger partial charge in [0.25, 0.3) is 0 Å². The van der Waals surface area contributed by atoms with Gasteiger partial charge in [-0.25, -0.2) is 9.48 Å². The predicted molar refractivity (Wildman–Crippen MR) is 94.5 cm³/mol. The Morgan fingerprint density at radius 3 is 2.79 bits per heavy atom. The Kier molecular flexibility index (Phi) is 7.58. The van der Waals surface area contributed by atoms with Gasteiger partial charge in [-0.2, -0.15) is 5.10 Å². The molecule has 0 aliphatic rings. The van der Waals surface area contributed by atoms with Crippen LogP contribution in [-0.4, -0.2) is 35.6 Å². The number of hydrogen-bond donors (Lipinski definition) is 2. The van der Waals surface area contributed by atoms with E-state index in [9.17, 15) is 4.79 Å². The summed E-state index contributed by atoms with van der Waals surface area (Å²) in [6.07, 6.45) is 5.46. The number of unbranched alkanes of at least 4 members (excludes halogenated alkanes) is 1. The van der Waals surface area contributed by atoms with E-state index in [2.05, 4.69) is 15.7 Å². The zero-order valence-electron chi connectivity index (χ0n) is 13.8. The molecule has 0 saturated carbocycles. The van der Waals surface area contributed by atoms with Crippen molar-refractivity contribution in [1.29, 1.82) is 0 Å². The Balaban J connectivity index is 1.69. The number of benzene rings is 1. The minimum Gasteiger partial charge on any atom is -0.382 e. The van der Waals surface area contributed by atoms with Crippen molar-refractivity contribution in [3.8, 4) is 5.69 Å². The minimum absolute atomic E-state index is 0.175. The van der Waals surface area contributed by atoms with E-state index in [0.717, 1.165) is 37.3 Å². The number of nitrogens with one attached hydrogen (secondary N) is 2. The second-order valence-corrected chi connectivity index (χ2v) is 5.72. The van der Waals surface area contributed by atoms with Crippen LogP contribution in [0.1, 0.15) is 25.3 Å². The standard InChI is InChI=1S/C17H23ClN4O2/c1-2-24-10-4-3-9-19-17(23)20-11-14-12-21-22(13-14)16-7-5-15(18)6-8-16/h5-8,12-13H,2-4,9-11H2,1H3,(H2,19,20,23). The highest BCUT2D eigenvalue weighted by molar-refractivity contribution is 6.30. The van der Waals surface area contributed by atoms with Crippen molar-refractivity contribution in [3.05, 3.63) is 47.2 Å².